The molecule has 4 N–H and O–H groups in total. The molecule has 1 aliphatic carbocycles. The lowest BCUT2D eigenvalue weighted by molar-refractivity contribution is 0.376. The maximum atomic E-state index is 5.41. The Labute approximate surface area is 99.8 Å². The van der Waals surface area contributed by atoms with Crippen LogP contribution in [0.15, 0.2) is 9.52 Å². The van der Waals surface area contributed by atoms with Crippen molar-refractivity contribution >= 4 is 5.96 Å². The molecule has 0 saturated heterocycles. The van der Waals surface area contributed by atoms with E-state index in [1.165, 1.54) is 25.7 Å². The fourth-order valence-electron chi connectivity index (χ4n) is 1.95. The molecule has 17 heavy (non-hydrogen) atoms. The molecule has 7 nitrogen and oxygen atoms in total. The third kappa shape index (κ3) is 3.42. The third-order valence-electron chi connectivity index (χ3n) is 2.77. The van der Waals surface area contributed by atoms with Crippen molar-refractivity contribution in [1.29, 1.82) is 0 Å². The predicted molar refractivity (Wildman–Crippen MR) is 62.9 cm³/mol. The SMILES string of the molecule is Cc1noc(CN=C(NN)NC2CCCC2)n1. The Morgan fingerprint density at radius 2 is 2.29 bits per heavy atom. The highest BCUT2D eigenvalue weighted by Gasteiger charge is 2.15. The molecule has 1 aromatic heterocycles. The normalized spacial score (nSPS) is 17.4. The van der Waals surface area contributed by atoms with Crippen molar-refractivity contribution in [3.05, 3.63) is 11.7 Å². The van der Waals surface area contributed by atoms with Gasteiger partial charge in [-0.3, -0.25) is 5.43 Å². The number of hydrazine groups is 1. The van der Waals surface area contributed by atoms with Crippen molar-refractivity contribution in [2.45, 2.75) is 45.2 Å². The number of aromatic nitrogens is 2. The Hall–Kier alpha value is -1.63. The first-order chi connectivity index (χ1) is 8.28. The number of hydrogen-bond donors (Lipinski definition) is 3. The van der Waals surface area contributed by atoms with Crippen LogP contribution >= 0.6 is 0 Å². The first kappa shape index (κ1) is 11.8. The Morgan fingerprint density at radius 1 is 1.53 bits per heavy atom. The van der Waals surface area contributed by atoms with Crippen LogP contribution in [0.4, 0.5) is 0 Å². The molecule has 1 fully saturated rings. The quantitative estimate of drug-likeness (QED) is 0.301. The van der Waals surface area contributed by atoms with E-state index < -0.39 is 0 Å². The molecular formula is C10H18N6O. The summed E-state index contributed by atoms with van der Waals surface area (Å²) in [5.41, 5.74) is 2.56. The van der Waals surface area contributed by atoms with Gasteiger partial charge in [0.05, 0.1) is 0 Å². The Morgan fingerprint density at radius 3 is 2.88 bits per heavy atom. The van der Waals surface area contributed by atoms with E-state index in [2.05, 4.69) is 25.9 Å². The highest BCUT2D eigenvalue weighted by molar-refractivity contribution is 5.79. The zero-order chi connectivity index (χ0) is 12.1. The van der Waals surface area contributed by atoms with Gasteiger partial charge in [0.15, 0.2) is 5.82 Å². The number of guanidine groups is 1. The van der Waals surface area contributed by atoms with Crippen molar-refractivity contribution in [3.8, 4) is 0 Å². The Balaban J connectivity index is 1.88. The third-order valence-corrected chi connectivity index (χ3v) is 2.77. The highest BCUT2D eigenvalue weighted by Crippen LogP contribution is 2.17. The topological polar surface area (TPSA) is 101 Å². The lowest BCUT2D eigenvalue weighted by Gasteiger charge is -2.14. The number of aryl methyl sites for hydroxylation is 1. The van der Waals surface area contributed by atoms with Gasteiger partial charge in [0.25, 0.3) is 0 Å². The van der Waals surface area contributed by atoms with Crippen LogP contribution in [0.25, 0.3) is 0 Å². The molecule has 1 saturated carbocycles. The molecule has 0 radical (unpaired) electrons. The maximum Gasteiger partial charge on any atom is 0.248 e. The molecule has 1 heterocycles. The summed E-state index contributed by atoms with van der Waals surface area (Å²) in [6.07, 6.45) is 4.86. The van der Waals surface area contributed by atoms with Crippen LogP contribution in [0.5, 0.6) is 0 Å². The number of hydrogen-bond acceptors (Lipinski definition) is 5. The number of rotatable bonds is 3. The second kappa shape index (κ2) is 5.62. The van der Waals surface area contributed by atoms with Crippen LogP contribution in [-0.2, 0) is 6.54 Å². The van der Waals surface area contributed by atoms with Crippen LogP contribution < -0.4 is 16.6 Å². The second-order valence-electron chi connectivity index (χ2n) is 4.17. The van der Waals surface area contributed by atoms with E-state index in [4.69, 9.17) is 10.4 Å². The van der Waals surface area contributed by atoms with Gasteiger partial charge in [0.2, 0.25) is 11.9 Å². The van der Waals surface area contributed by atoms with E-state index in [0.29, 0.717) is 30.3 Å². The van der Waals surface area contributed by atoms with Gasteiger partial charge in [-0.2, -0.15) is 4.98 Å². The van der Waals surface area contributed by atoms with Gasteiger partial charge < -0.3 is 9.84 Å². The van der Waals surface area contributed by atoms with E-state index in [1.807, 2.05) is 0 Å². The molecule has 0 atom stereocenters. The van der Waals surface area contributed by atoms with Crippen molar-refractivity contribution in [2.24, 2.45) is 10.8 Å². The summed E-state index contributed by atoms with van der Waals surface area (Å²) in [6.45, 7) is 2.11. The average Bonchev–Trinajstić information content (AvgIpc) is 2.96. The van der Waals surface area contributed by atoms with Gasteiger partial charge in [-0.1, -0.05) is 18.0 Å². The maximum absolute atomic E-state index is 5.41. The summed E-state index contributed by atoms with van der Waals surface area (Å²) >= 11 is 0. The lowest BCUT2D eigenvalue weighted by Crippen LogP contribution is -2.45. The van der Waals surface area contributed by atoms with Crippen molar-refractivity contribution in [3.63, 3.8) is 0 Å². The highest BCUT2D eigenvalue weighted by atomic mass is 16.5. The second-order valence-corrected chi connectivity index (χ2v) is 4.17. The van der Waals surface area contributed by atoms with Crippen molar-refractivity contribution in [1.82, 2.24) is 20.9 Å². The predicted octanol–water partition coefficient (Wildman–Crippen LogP) is 0.230. The van der Waals surface area contributed by atoms with Gasteiger partial charge in [-0.15, -0.1) is 0 Å². The molecule has 94 valence electrons. The van der Waals surface area contributed by atoms with Crippen molar-refractivity contribution in [2.75, 3.05) is 0 Å². The molecular weight excluding hydrogens is 220 g/mol. The van der Waals surface area contributed by atoms with Crippen LogP contribution in [0.2, 0.25) is 0 Å². The van der Waals surface area contributed by atoms with Crippen LogP contribution in [0, 0.1) is 6.92 Å². The summed E-state index contributed by atoms with van der Waals surface area (Å²) in [5.74, 6) is 7.09. The molecule has 0 spiro atoms. The first-order valence-electron chi connectivity index (χ1n) is 5.84. The summed E-state index contributed by atoms with van der Waals surface area (Å²) in [4.78, 5) is 8.33. The minimum absolute atomic E-state index is 0.333. The van der Waals surface area contributed by atoms with Crippen LogP contribution in [0.1, 0.15) is 37.4 Å². The van der Waals surface area contributed by atoms with E-state index in [9.17, 15) is 0 Å². The van der Waals surface area contributed by atoms with Gasteiger partial charge >= 0.3 is 0 Å². The van der Waals surface area contributed by atoms with Crippen LogP contribution in [-0.4, -0.2) is 22.1 Å². The fraction of sp³-hybridized carbons (Fsp3) is 0.700. The van der Waals surface area contributed by atoms with E-state index >= 15 is 0 Å². The van der Waals surface area contributed by atoms with E-state index in [0.717, 1.165) is 0 Å². The Bertz CT molecular complexity index is 382. The van der Waals surface area contributed by atoms with Gasteiger partial charge in [-0.25, -0.2) is 10.8 Å². The molecule has 1 aromatic rings. The zero-order valence-corrected chi connectivity index (χ0v) is 9.94. The van der Waals surface area contributed by atoms with Gasteiger partial charge in [-0.05, 0) is 19.8 Å². The smallest absolute Gasteiger partial charge is 0.248 e. The molecule has 1 aliphatic rings. The van der Waals surface area contributed by atoms with Gasteiger partial charge in [0.1, 0.15) is 6.54 Å². The van der Waals surface area contributed by atoms with Crippen molar-refractivity contribution < 1.29 is 4.52 Å². The number of nitrogens with two attached hydrogens (primary N) is 1. The summed E-state index contributed by atoms with van der Waals surface area (Å²) in [5, 5.41) is 6.96. The van der Waals surface area contributed by atoms with E-state index in [-0.39, 0.29) is 0 Å². The zero-order valence-electron chi connectivity index (χ0n) is 9.94. The van der Waals surface area contributed by atoms with Gasteiger partial charge in [0, 0.05) is 6.04 Å². The van der Waals surface area contributed by atoms with Crippen LogP contribution in [0.3, 0.4) is 0 Å². The molecule has 0 amide bonds. The standard InChI is InChI=1S/C10H18N6O/c1-7-13-9(17-16-7)6-12-10(15-11)14-8-4-2-3-5-8/h8H,2-6,11H2,1H3,(H2,12,14,15). The summed E-state index contributed by atoms with van der Waals surface area (Å²) < 4.78 is 4.96. The Kier molecular flexibility index (Phi) is 3.92. The molecule has 0 bridgehead atoms. The molecule has 0 aliphatic heterocycles. The largest absolute Gasteiger partial charge is 0.353 e. The molecule has 0 aromatic carbocycles. The molecule has 2 rings (SSSR count). The number of nitrogens with zero attached hydrogens (tertiary/aromatic N) is 3. The molecule has 7 heteroatoms. The minimum Gasteiger partial charge on any atom is -0.353 e. The lowest BCUT2D eigenvalue weighted by atomic mass is 10.2. The van der Waals surface area contributed by atoms with E-state index in [1.54, 1.807) is 6.92 Å². The first-order valence-corrected chi connectivity index (χ1v) is 5.84. The molecule has 0 unspecified atom stereocenters. The number of aliphatic imine (C=N–C) groups is 1. The fourth-order valence-corrected chi connectivity index (χ4v) is 1.95. The summed E-state index contributed by atoms with van der Waals surface area (Å²) in [6, 6.07) is 0.467. The average molecular weight is 238 g/mol. The number of nitrogens with one attached hydrogen (secondary N) is 2. The minimum atomic E-state index is 0.333. The summed E-state index contributed by atoms with van der Waals surface area (Å²) in [7, 11) is 0. The monoisotopic (exact) mass is 238 g/mol.